The first-order valence-electron chi connectivity index (χ1n) is 7.22. The maximum absolute atomic E-state index is 8.49. The number of hydrogen-bond acceptors (Lipinski definition) is 4. The van der Waals surface area contributed by atoms with Gasteiger partial charge < -0.3 is 0 Å². The van der Waals surface area contributed by atoms with Gasteiger partial charge in [0.15, 0.2) is 5.71 Å². The van der Waals surface area contributed by atoms with E-state index in [0.717, 1.165) is 5.92 Å². The highest BCUT2D eigenvalue weighted by Crippen LogP contribution is 2.32. The summed E-state index contributed by atoms with van der Waals surface area (Å²) in [5.74, 6) is 0.806. The summed E-state index contributed by atoms with van der Waals surface area (Å²) in [4.78, 5) is 0. The van der Waals surface area contributed by atoms with Crippen molar-refractivity contribution in [3.8, 4) is 0 Å². The topological polar surface area (TPSA) is 95.2 Å². The van der Waals surface area contributed by atoms with E-state index in [-0.39, 0.29) is 0 Å². The second kappa shape index (κ2) is 7.53. The Morgan fingerprint density at radius 3 is 1.95 bits per heavy atom. The summed E-state index contributed by atoms with van der Waals surface area (Å²) in [6, 6.07) is 10.8. The molecule has 0 radical (unpaired) electrons. The Labute approximate surface area is 134 Å². The van der Waals surface area contributed by atoms with Crippen molar-refractivity contribution in [1.29, 1.82) is 0 Å². The van der Waals surface area contributed by atoms with Gasteiger partial charge in [-0.15, -0.1) is 10.2 Å². The second-order valence-electron chi connectivity index (χ2n) is 6.67. The van der Waals surface area contributed by atoms with E-state index in [2.05, 4.69) is 62.7 Å². The van der Waals surface area contributed by atoms with Crippen LogP contribution in [0, 0.1) is 21.6 Å². The van der Waals surface area contributed by atoms with E-state index in [0.29, 0.717) is 5.41 Å². The maximum atomic E-state index is 8.49. The summed E-state index contributed by atoms with van der Waals surface area (Å²) >= 11 is 0. The van der Waals surface area contributed by atoms with Gasteiger partial charge >= 0.3 is 0 Å². The van der Waals surface area contributed by atoms with E-state index in [1.54, 1.807) is 0 Å². The van der Waals surface area contributed by atoms with E-state index in [4.69, 9.17) is 18.6 Å². The summed E-state index contributed by atoms with van der Waals surface area (Å²) in [5.41, 5.74) is 3.32. The van der Waals surface area contributed by atoms with Crippen LogP contribution in [0.25, 0.3) is 0 Å². The van der Waals surface area contributed by atoms with Gasteiger partial charge in [0.25, 0.3) is 0 Å². The van der Waals surface area contributed by atoms with Crippen LogP contribution in [0.5, 0.6) is 0 Å². The van der Waals surface area contributed by atoms with Gasteiger partial charge in [0.05, 0.1) is 0 Å². The van der Waals surface area contributed by atoms with Crippen molar-refractivity contribution >= 4 is 5.71 Å². The van der Waals surface area contributed by atoms with Crippen LogP contribution in [0.1, 0.15) is 39.2 Å². The van der Waals surface area contributed by atoms with E-state index >= 15 is 0 Å². The molecule has 0 saturated heterocycles. The smallest absolute Gasteiger partial charge is 0.183 e. The molecule has 1 aliphatic heterocycles. The largest absolute Gasteiger partial charge is 0.235 e. The van der Waals surface area contributed by atoms with Crippen molar-refractivity contribution in [1.82, 2.24) is 0 Å². The number of rotatable bonds is 1. The van der Waals surface area contributed by atoms with Gasteiger partial charge in [-0.25, -0.2) is 23.2 Å². The predicted molar refractivity (Wildman–Crippen MR) is 73.8 cm³/mol. The zero-order chi connectivity index (χ0) is 17.0. The first-order chi connectivity index (χ1) is 9.98. The quantitative estimate of drug-likeness (QED) is 0.606. The molecule has 0 saturated carbocycles. The van der Waals surface area contributed by atoms with Gasteiger partial charge in [-0.3, -0.25) is 0 Å². The maximum Gasteiger partial charge on any atom is 0.183 e. The van der Waals surface area contributed by atoms with Crippen molar-refractivity contribution in [2.45, 2.75) is 33.6 Å². The Hall–Kier alpha value is -0.980. The molecule has 0 spiro atoms. The normalized spacial score (nSPS) is 19.5. The molecule has 124 valence electrons. The van der Waals surface area contributed by atoms with Crippen LogP contribution in [0.15, 0.2) is 30.3 Å². The molecule has 6 heteroatoms. The molecule has 1 aromatic carbocycles. The summed E-state index contributed by atoms with van der Waals surface area (Å²) in [7, 11) is -2.71. The van der Waals surface area contributed by atoms with Crippen molar-refractivity contribution in [2.24, 2.45) is 11.3 Å². The van der Waals surface area contributed by atoms with Gasteiger partial charge in [0.1, 0.15) is 13.6 Å². The minimum atomic E-state index is -4.94. The second-order valence-corrected chi connectivity index (χ2v) is 7.43. The molecule has 1 aromatic rings. The lowest BCUT2D eigenvalue weighted by atomic mass is 9.76. The lowest BCUT2D eigenvalue weighted by Crippen LogP contribution is -2.68. The third kappa shape index (κ3) is 6.85. The summed E-state index contributed by atoms with van der Waals surface area (Å²) in [6.07, 6.45) is 2.53. The Morgan fingerprint density at radius 1 is 1.05 bits per heavy atom. The molecular formula is C16H24ClNO4. The zero-order valence-electron chi connectivity index (χ0n) is 13.5. The van der Waals surface area contributed by atoms with Gasteiger partial charge in [0, 0.05) is 17.9 Å². The van der Waals surface area contributed by atoms with E-state index < -0.39 is 10.2 Å². The highest BCUT2D eigenvalue weighted by Gasteiger charge is 2.33. The van der Waals surface area contributed by atoms with Gasteiger partial charge in [-0.2, -0.15) is 0 Å². The third-order valence-corrected chi connectivity index (χ3v) is 4.02. The Kier molecular flexibility index (Phi) is 6.52. The SMILES string of the molecule is C[N+]1=C(c2ccccc2)CCC(C(C)(C)C)C1.[O-][Cl+3]([O-])([O-])[O-]. The van der Waals surface area contributed by atoms with Crippen LogP contribution >= 0.6 is 0 Å². The zero-order valence-corrected chi connectivity index (χ0v) is 14.3. The first kappa shape index (κ1) is 19.1. The highest BCUT2D eigenvalue weighted by molar-refractivity contribution is 5.97. The average molecular weight is 330 g/mol. The molecule has 2 rings (SSSR count). The average Bonchev–Trinajstić information content (AvgIpc) is 2.36. The van der Waals surface area contributed by atoms with E-state index in [1.807, 2.05) is 0 Å². The number of halogens is 1. The van der Waals surface area contributed by atoms with Crippen LogP contribution in [0.2, 0.25) is 0 Å². The fraction of sp³-hybridized carbons (Fsp3) is 0.562. The summed E-state index contributed by atoms with van der Waals surface area (Å²) in [5, 5.41) is 0. The first-order valence-corrected chi connectivity index (χ1v) is 8.46. The number of hydrogen-bond donors (Lipinski definition) is 0. The van der Waals surface area contributed by atoms with Crippen molar-refractivity contribution in [3.63, 3.8) is 0 Å². The monoisotopic (exact) mass is 329 g/mol. The minimum Gasteiger partial charge on any atom is -0.235 e. The van der Waals surface area contributed by atoms with Crippen LogP contribution in [0.3, 0.4) is 0 Å². The molecule has 0 bridgehead atoms. The molecule has 0 fully saturated rings. The van der Waals surface area contributed by atoms with E-state index in [1.165, 1.54) is 30.7 Å². The molecule has 1 aliphatic rings. The molecule has 0 aromatic heterocycles. The van der Waals surface area contributed by atoms with Gasteiger partial charge in [-0.05, 0) is 24.0 Å². The number of benzene rings is 1. The molecule has 5 nitrogen and oxygen atoms in total. The Balaban J connectivity index is 0.000000422. The molecular weight excluding hydrogens is 306 g/mol. The lowest BCUT2D eigenvalue weighted by molar-refractivity contribution is -2.00. The molecule has 1 heterocycles. The molecule has 0 amide bonds. The summed E-state index contributed by atoms with van der Waals surface area (Å²) in [6.45, 7) is 8.27. The fourth-order valence-corrected chi connectivity index (χ4v) is 2.74. The van der Waals surface area contributed by atoms with Crippen LogP contribution < -0.4 is 18.6 Å². The molecule has 0 N–H and O–H groups in total. The van der Waals surface area contributed by atoms with Crippen LogP contribution in [-0.2, 0) is 0 Å². The van der Waals surface area contributed by atoms with Crippen molar-refractivity contribution in [2.75, 3.05) is 13.6 Å². The molecule has 1 unspecified atom stereocenters. The molecule has 22 heavy (non-hydrogen) atoms. The predicted octanol–water partition coefficient (Wildman–Crippen LogP) is -1.18. The molecule has 1 atom stereocenters. The van der Waals surface area contributed by atoms with Gasteiger partial charge in [0.2, 0.25) is 0 Å². The van der Waals surface area contributed by atoms with Crippen LogP contribution in [-0.4, -0.2) is 23.9 Å². The molecule has 0 aliphatic carbocycles. The number of nitrogens with zero attached hydrogens (tertiary/aromatic N) is 1. The minimum absolute atomic E-state index is 0.427. The van der Waals surface area contributed by atoms with Crippen molar-refractivity contribution in [3.05, 3.63) is 35.9 Å². The van der Waals surface area contributed by atoms with Crippen LogP contribution in [0.4, 0.5) is 0 Å². The standard InChI is InChI=1S/C16H24N.ClHO4/c1-16(2,3)14-10-11-15(17(4)12-14)13-8-6-5-7-9-13;2-1(3,4)5/h5-9,14H,10-12H2,1-4H3;(H,2,3,4,5)/q+1;/p-1. The lowest BCUT2D eigenvalue weighted by Gasteiger charge is -2.31. The highest BCUT2D eigenvalue weighted by atomic mass is 35.7. The Bertz CT molecular complexity index is 497. The van der Waals surface area contributed by atoms with Gasteiger partial charge in [-0.1, -0.05) is 39.0 Å². The van der Waals surface area contributed by atoms with E-state index in [9.17, 15) is 0 Å². The fourth-order valence-electron chi connectivity index (χ4n) is 2.74. The van der Waals surface area contributed by atoms with Crippen molar-refractivity contribution < 1.29 is 33.5 Å². The Morgan fingerprint density at radius 2 is 1.55 bits per heavy atom. The summed E-state index contributed by atoms with van der Waals surface area (Å²) < 4.78 is 36.4. The third-order valence-electron chi connectivity index (χ3n) is 4.02.